The number of rotatable bonds is 3. The lowest BCUT2D eigenvalue weighted by atomic mass is 10.2. The molecule has 0 radical (unpaired) electrons. The Labute approximate surface area is 78.7 Å². The van der Waals surface area contributed by atoms with E-state index >= 15 is 0 Å². The minimum absolute atomic E-state index is 0.0957. The fourth-order valence-corrected chi connectivity index (χ4v) is 1.24. The highest BCUT2D eigenvalue weighted by Gasteiger charge is 2.08. The minimum Gasteiger partial charge on any atom is -0.454 e. The zero-order valence-corrected chi connectivity index (χ0v) is 8.11. The van der Waals surface area contributed by atoms with Gasteiger partial charge < -0.3 is 15.3 Å². The van der Waals surface area contributed by atoms with Gasteiger partial charge in [0.15, 0.2) is 3.77 Å². The number of halogens is 1. The van der Waals surface area contributed by atoms with Gasteiger partial charge in [-0.1, -0.05) is 0 Å². The molecule has 4 heteroatoms. The first-order valence-corrected chi connectivity index (χ1v) is 4.43. The van der Waals surface area contributed by atoms with Crippen LogP contribution in [0, 0.1) is 3.77 Å². The third-order valence-corrected chi connectivity index (χ3v) is 1.98. The van der Waals surface area contributed by atoms with Crippen LogP contribution in [0.25, 0.3) is 0 Å². The van der Waals surface area contributed by atoms with Gasteiger partial charge in [-0.05, 0) is 41.1 Å². The second-order valence-corrected chi connectivity index (χ2v) is 3.32. The normalized spacial score (nSPS) is 13.4. The third kappa shape index (κ3) is 2.46. The second kappa shape index (κ2) is 4.08. The number of hydrogen-bond acceptors (Lipinski definition) is 3. The zero-order chi connectivity index (χ0) is 8.27. The summed E-state index contributed by atoms with van der Waals surface area (Å²) >= 11 is 2.08. The fourth-order valence-electron chi connectivity index (χ4n) is 0.809. The van der Waals surface area contributed by atoms with Crippen LogP contribution < -0.4 is 5.73 Å². The molecule has 0 aromatic carbocycles. The van der Waals surface area contributed by atoms with Crippen molar-refractivity contribution in [2.75, 3.05) is 6.61 Å². The van der Waals surface area contributed by atoms with Gasteiger partial charge in [0.1, 0.15) is 5.76 Å². The molecular weight excluding hydrogens is 257 g/mol. The minimum atomic E-state index is -0.177. The first-order valence-electron chi connectivity index (χ1n) is 3.35. The molecule has 62 valence electrons. The van der Waals surface area contributed by atoms with Crippen LogP contribution in [-0.2, 0) is 0 Å². The molecular formula is C7H10INO2. The third-order valence-electron chi connectivity index (χ3n) is 1.40. The van der Waals surface area contributed by atoms with E-state index in [9.17, 15) is 0 Å². The predicted octanol–water partition coefficient (Wildman–Crippen LogP) is 1.27. The van der Waals surface area contributed by atoms with Crippen molar-refractivity contribution < 1.29 is 9.52 Å². The number of aliphatic hydroxyl groups is 1. The summed E-state index contributed by atoms with van der Waals surface area (Å²) in [5.41, 5.74) is 5.66. The Bertz CT molecular complexity index is 224. The Morgan fingerprint density at radius 3 is 2.82 bits per heavy atom. The molecule has 0 saturated carbocycles. The van der Waals surface area contributed by atoms with Crippen molar-refractivity contribution >= 4 is 22.6 Å². The summed E-state index contributed by atoms with van der Waals surface area (Å²) in [5.74, 6) is 0.739. The van der Waals surface area contributed by atoms with Gasteiger partial charge in [-0.15, -0.1) is 0 Å². The summed E-state index contributed by atoms with van der Waals surface area (Å²) < 4.78 is 6.07. The van der Waals surface area contributed by atoms with Gasteiger partial charge in [-0.3, -0.25) is 0 Å². The van der Waals surface area contributed by atoms with E-state index in [1.54, 1.807) is 0 Å². The van der Waals surface area contributed by atoms with Gasteiger partial charge in [0.05, 0.1) is 6.04 Å². The maximum Gasteiger partial charge on any atom is 0.164 e. The average Bonchev–Trinajstić information content (AvgIpc) is 2.36. The molecule has 1 heterocycles. The molecule has 1 rings (SSSR count). The van der Waals surface area contributed by atoms with Crippen LogP contribution in [0.1, 0.15) is 18.2 Å². The first-order chi connectivity index (χ1) is 5.24. The molecule has 0 unspecified atom stereocenters. The van der Waals surface area contributed by atoms with E-state index in [1.165, 1.54) is 0 Å². The summed E-state index contributed by atoms with van der Waals surface area (Å²) in [6.07, 6.45) is 0.545. The van der Waals surface area contributed by atoms with Crippen molar-refractivity contribution in [1.82, 2.24) is 0 Å². The number of nitrogens with two attached hydrogens (primary N) is 1. The van der Waals surface area contributed by atoms with Gasteiger partial charge >= 0.3 is 0 Å². The fraction of sp³-hybridized carbons (Fsp3) is 0.429. The van der Waals surface area contributed by atoms with Crippen molar-refractivity contribution in [3.8, 4) is 0 Å². The summed E-state index contributed by atoms with van der Waals surface area (Å²) in [6.45, 7) is 0.0957. The van der Waals surface area contributed by atoms with Gasteiger partial charge in [-0.25, -0.2) is 0 Å². The van der Waals surface area contributed by atoms with Crippen molar-refractivity contribution in [3.63, 3.8) is 0 Å². The lowest BCUT2D eigenvalue weighted by Gasteiger charge is -2.04. The van der Waals surface area contributed by atoms with Crippen molar-refractivity contribution in [1.29, 1.82) is 0 Å². The molecule has 0 saturated heterocycles. The molecule has 0 aliphatic heterocycles. The monoisotopic (exact) mass is 267 g/mol. The van der Waals surface area contributed by atoms with Crippen LogP contribution >= 0.6 is 22.6 Å². The molecule has 0 fully saturated rings. The highest BCUT2D eigenvalue weighted by molar-refractivity contribution is 14.1. The zero-order valence-electron chi connectivity index (χ0n) is 5.96. The molecule has 1 aromatic heterocycles. The second-order valence-electron chi connectivity index (χ2n) is 2.26. The molecule has 0 amide bonds. The summed E-state index contributed by atoms with van der Waals surface area (Å²) in [4.78, 5) is 0. The van der Waals surface area contributed by atoms with Gasteiger partial charge in [0, 0.05) is 6.61 Å². The van der Waals surface area contributed by atoms with Crippen molar-refractivity contribution in [2.24, 2.45) is 5.73 Å². The summed E-state index contributed by atoms with van der Waals surface area (Å²) in [7, 11) is 0. The van der Waals surface area contributed by atoms with Crippen LogP contribution in [0.15, 0.2) is 16.5 Å². The Kier molecular flexibility index (Phi) is 3.35. The molecule has 0 spiro atoms. The lowest BCUT2D eigenvalue weighted by Crippen LogP contribution is -2.10. The van der Waals surface area contributed by atoms with Gasteiger partial charge in [-0.2, -0.15) is 0 Å². The molecule has 0 bridgehead atoms. The van der Waals surface area contributed by atoms with Crippen molar-refractivity contribution in [2.45, 2.75) is 12.5 Å². The summed E-state index contributed by atoms with van der Waals surface area (Å²) in [5, 5.41) is 8.58. The van der Waals surface area contributed by atoms with E-state index in [2.05, 4.69) is 22.6 Å². The highest BCUT2D eigenvalue weighted by atomic mass is 127. The van der Waals surface area contributed by atoms with Gasteiger partial charge in [0.25, 0.3) is 0 Å². The van der Waals surface area contributed by atoms with Crippen LogP contribution in [0.2, 0.25) is 0 Å². The van der Waals surface area contributed by atoms with Crippen LogP contribution in [0.3, 0.4) is 0 Å². The largest absolute Gasteiger partial charge is 0.454 e. The molecule has 3 N–H and O–H groups in total. The van der Waals surface area contributed by atoms with E-state index < -0.39 is 0 Å². The van der Waals surface area contributed by atoms with E-state index in [0.29, 0.717) is 6.42 Å². The van der Waals surface area contributed by atoms with Gasteiger partial charge in [0.2, 0.25) is 0 Å². The summed E-state index contributed by atoms with van der Waals surface area (Å²) in [6, 6.07) is 3.51. The molecule has 3 nitrogen and oxygen atoms in total. The smallest absolute Gasteiger partial charge is 0.164 e. The van der Waals surface area contributed by atoms with Crippen LogP contribution in [0.4, 0.5) is 0 Å². The Morgan fingerprint density at radius 1 is 1.64 bits per heavy atom. The Balaban J connectivity index is 2.60. The first kappa shape index (κ1) is 9.02. The lowest BCUT2D eigenvalue weighted by molar-refractivity contribution is 0.268. The number of hydrogen-bond donors (Lipinski definition) is 2. The number of furan rings is 1. The van der Waals surface area contributed by atoms with E-state index in [1.807, 2.05) is 12.1 Å². The molecule has 0 aliphatic rings. The van der Waals surface area contributed by atoms with Crippen LogP contribution in [-0.4, -0.2) is 11.7 Å². The Hall–Kier alpha value is -0.0700. The maximum atomic E-state index is 8.58. The topological polar surface area (TPSA) is 59.4 Å². The molecule has 1 aromatic rings. The standard InChI is InChI=1S/C7H10INO2/c8-7-2-1-6(11-7)5(9)3-4-10/h1-2,5,10H,3-4,9H2/t5-/m0/s1. The van der Waals surface area contributed by atoms with E-state index in [4.69, 9.17) is 15.3 Å². The molecule has 0 aliphatic carbocycles. The predicted molar refractivity (Wildman–Crippen MR) is 50.1 cm³/mol. The Morgan fingerprint density at radius 2 is 2.36 bits per heavy atom. The van der Waals surface area contributed by atoms with Crippen LogP contribution in [0.5, 0.6) is 0 Å². The van der Waals surface area contributed by atoms with E-state index in [-0.39, 0.29) is 12.6 Å². The SMILES string of the molecule is N[C@@H](CCO)c1ccc(I)o1. The number of aliphatic hydroxyl groups excluding tert-OH is 1. The molecule has 1 atom stereocenters. The average molecular weight is 267 g/mol. The highest BCUT2D eigenvalue weighted by Crippen LogP contribution is 2.17. The van der Waals surface area contributed by atoms with E-state index in [0.717, 1.165) is 9.53 Å². The molecule has 11 heavy (non-hydrogen) atoms. The quantitative estimate of drug-likeness (QED) is 0.811. The van der Waals surface area contributed by atoms with Crippen molar-refractivity contribution in [3.05, 3.63) is 21.7 Å². The maximum absolute atomic E-state index is 8.58.